The van der Waals surface area contributed by atoms with Crippen molar-refractivity contribution < 1.29 is 4.74 Å². The van der Waals surface area contributed by atoms with Crippen molar-refractivity contribution in [1.82, 2.24) is 20.5 Å². The van der Waals surface area contributed by atoms with Crippen LogP contribution in [0.3, 0.4) is 0 Å². The standard InChI is InChI=1S/C14H26N4O/c1-10(2)8-19-12-7-11(14(12,3)4)15-6-5-13-16-9-17-18-13/h9-12,15H,5-8H2,1-4H3,(H,16,17,18). The molecule has 0 amide bonds. The molecule has 0 aromatic carbocycles. The van der Waals surface area contributed by atoms with Crippen molar-refractivity contribution >= 4 is 0 Å². The van der Waals surface area contributed by atoms with Crippen LogP contribution in [0.1, 0.15) is 39.9 Å². The van der Waals surface area contributed by atoms with Gasteiger partial charge < -0.3 is 10.1 Å². The summed E-state index contributed by atoms with van der Waals surface area (Å²) in [6.45, 7) is 10.7. The molecule has 1 heterocycles. The zero-order valence-corrected chi connectivity index (χ0v) is 12.4. The highest BCUT2D eigenvalue weighted by Crippen LogP contribution is 2.42. The quantitative estimate of drug-likeness (QED) is 0.789. The van der Waals surface area contributed by atoms with E-state index in [1.165, 1.54) is 0 Å². The monoisotopic (exact) mass is 266 g/mol. The molecule has 1 aliphatic rings. The molecule has 1 aliphatic carbocycles. The van der Waals surface area contributed by atoms with Gasteiger partial charge in [0, 0.05) is 31.0 Å². The van der Waals surface area contributed by atoms with Crippen molar-refractivity contribution in [3.8, 4) is 0 Å². The van der Waals surface area contributed by atoms with Gasteiger partial charge in [0.15, 0.2) is 0 Å². The summed E-state index contributed by atoms with van der Waals surface area (Å²) in [5.41, 5.74) is 0.219. The van der Waals surface area contributed by atoms with Crippen LogP contribution in [0.15, 0.2) is 6.33 Å². The Morgan fingerprint density at radius 1 is 1.53 bits per heavy atom. The number of nitrogens with one attached hydrogen (secondary N) is 2. The number of hydrogen-bond donors (Lipinski definition) is 2. The van der Waals surface area contributed by atoms with E-state index in [0.717, 1.165) is 31.8 Å². The van der Waals surface area contributed by atoms with E-state index in [2.05, 4.69) is 48.2 Å². The maximum absolute atomic E-state index is 5.97. The highest BCUT2D eigenvalue weighted by Gasteiger charge is 2.48. The van der Waals surface area contributed by atoms with Crippen LogP contribution in [0.2, 0.25) is 0 Å². The van der Waals surface area contributed by atoms with E-state index in [0.29, 0.717) is 18.1 Å². The number of aromatic nitrogens is 3. The predicted octanol–water partition coefficient (Wildman–Crippen LogP) is 1.78. The van der Waals surface area contributed by atoms with E-state index < -0.39 is 0 Å². The lowest BCUT2D eigenvalue weighted by atomic mass is 9.64. The number of nitrogens with zero attached hydrogens (tertiary/aromatic N) is 2. The normalized spacial score (nSPS) is 25.5. The lowest BCUT2D eigenvalue weighted by Crippen LogP contribution is -2.61. The third kappa shape index (κ3) is 3.54. The van der Waals surface area contributed by atoms with Crippen LogP contribution >= 0.6 is 0 Å². The first kappa shape index (κ1) is 14.5. The van der Waals surface area contributed by atoms with Gasteiger partial charge >= 0.3 is 0 Å². The van der Waals surface area contributed by atoms with E-state index in [-0.39, 0.29) is 5.41 Å². The van der Waals surface area contributed by atoms with Crippen molar-refractivity contribution in [3.05, 3.63) is 12.2 Å². The summed E-state index contributed by atoms with van der Waals surface area (Å²) in [4.78, 5) is 4.13. The lowest BCUT2D eigenvalue weighted by Gasteiger charge is -2.52. The number of rotatable bonds is 7. The Balaban J connectivity index is 1.69. The molecule has 2 N–H and O–H groups in total. The van der Waals surface area contributed by atoms with E-state index in [4.69, 9.17) is 4.74 Å². The zero-order valence-electron chi connectivity index (χ0n) is 12.4. The molecule has 0 spiro atoms. The van der Waals surface area contributed by atoms with E-state index in [1.54, 1.807) is 6.33 Å². The van der Waals surface area contributed by atoms with Gasteiger partial charge in [-0.3, -0.25) is 5.10 Å². The van der Waals surface area contributed by atoms with Crippen molar-refractivity contribution in [2.75, 3.05) is 13.2 Å². The molecular formula is C14H26N4O. The molecule has 0 aliphatic heterocycles. The largest absolute Gasteiger partial charge is 0.377 e. The van der Waals surface area contributed by atoms with E-state index in [9.17, 15) is 0 Å². The van der Waals surface area contributed by atoms with Gasteiger partial charge in [-0.1, -0.05) is 27.7 Å². The van der Waals surface area contributed by atoms with E-state index in [1.807, 2.05) is 0 Å². The zero-order chi connectivity index (χ0) is 13.9. The minimum atomic E-state index is 0.219. The van der Waals surface area contributed by atoms with Gasteiger partial charge in [-0.15, -0.1) is 0 Å². The first-order valence-corrected chi connectivity index (χ1v) is 7.19. The van der Waals surface area contributed by atoms with Crippen LogP contribution in [-0.2, 0) is 11.2 Å². The molecule has 2 rings (SSSR count). The molecule has 1 saturated carbocycles. The summed E-state index contributed by atoms with van der Waals surface area (Å²) in [6, 6.07) is 0.535. The fourth-order valence-corrected chi connectivity index (χ4v) is 2.54. The summed E-state index contributed by atoms with van der Waals surface area (Å²) in [5.74, 6) is 1.55. The average molecular weight is 266 g/mol. The lowest BCUT2D eigenvalue weighted by molar-refractivity contribution is -0.123. The van der Waals surface area contributed by atoms with E-state index >= 15 is 0 Å². The van der Waals surface area contributed by atoms with Crippen LogP contribution in [0.25, 0.3) is 0 Å². The van der Waals surface area contributed by atoms with Crippen LogP contribution in [0.4, 0.5) is 0 Å². The molecule has 2 atom stereocenters. The second-order valence-corrected chi connectivity index (χ2v) is 6.46. The van der Waals surface area contributed by atoms with Gasteiger partial charge in [0.25, 0.3) is 0 Å². The van der Waals surface area contributed by atoms with Crippen molar-refractivity contribution in [1.29, 1.82) is 0 Å². The number of hydrogen-bond acceptors (Lipinski definition) is 4. The molecule has 1 fully saturated rings. The fraction of sp³-hybridized carbons (Fsp3) is 0.857. The minimum absolute atomic E-state index is 0.219. The summed E-state index contributed by atoms with van der Waals surface area (Å²) in [5, 5.41) is 10.3. The Morgan fingerprint density at radius 2 is 2.32 bits per heavy atom. The summed E-state index contributed by atoms with van der Waals surface area (Å²) in [7, 11) is 0. The average Bonchev–Trinajstić information content (AvgIpc) is 2.84. The number of H-pyrrole nitrogens is 1. The van der Waals surface area contributed by atoms with Crippen LogP contribution in [0.5, 0.6) is 0 Å². The van der Waals surface area contributed by atoms with Crippen molar-refractivity contribution in [3.63, 3.8) is 0 Å². The Hall–Kier alpha value is -0.940. The summed E-state index contributed by atoms with van der Waals surface area (Å²) < 4.78 is 5.97. The molecule has 0 bridgehead atoms. The molecule has 5 heteroatoms. The number of ether oxygens (including phenoxy) is 1. The molecule has 5 nitrogen and oxygen atoms in total. The maximum atomic E-state index is 5.97. The maximum Gasteiger partial charge on any atom is 0.137 e. The van der Waals surface area contributed by atoms with Gasteiger partial charge in [0.1, 0.15) is 12.2 Å². The van der Waals surface area contributed by atoms with Gasteiger partial charge in [0.2, 0.25) is 0 Å². The highest BCUT2D eigenvalue weighted by molar-refractivity contribution is 5.03. The molecule has 1 aromatic heterocycles. The van der Waals surface area contributed by atoms with Gasteiger partial charge in [-0.05, 0) is 12.3 Å². The summed E-state index contributed by atoms with van der Waals surface area (Å²) >= 11 is 0. The smallest absolute Gasteiger partial charge is 0.137 e. The SMILES string of the molecule is CC(C)COC1CC(NCCc2ncn[nH]2)C1(C)C. The second kappa shape index (κ2) is 6.01. The first-order valence-electron chi connectivity index (χ1n) is 7.19. The number of aromatic amines is 1. The summed E-state index contributed by atoms with van der Waals surface area (Å²) in [6.07, 6.45) is 3.94. The third-order valence-electron chi connectivity index (χ3n) is 4.03. The second-order valence-electron chi connectivity index (χ2n) is 6.46. The first-order chi connectivity index (χ1) is 9.00. The van der Waals surface area contributed by atoms with Crippen LogP contribution < -0.4 is 5.32 Å². The molecule has 19 heavy (non-hydrogen) atoms. The Labute approximate surface area is 115 Å². The highest BCUT2D eigenvalue weighted by atomic mass is 16.5. The topological polar surface area (TPSA) is 62.8 Å². The molecule has 0 radical (unpaired) electrons. The van der Waals surface area contributed by atoms with Crippen LogP contribution in [-0.4, -0.2) is 40.5 Å². The van der Waals surface area contributed by atoms with Gasteiger partial charge in [-0.2, -0.15) is 5.10 Å². The fourth-order valence-electron chi connectivity index (χ4n) is 2.54. The molecule has 108 valence electrons. The van der Waals surface area contributed by atoms with Gasteiger partial charge in [0.05, 0.1) is 6.10 Å². The molecule has 2 unspecified atom stereocenters. The Kier molecular flexibility index (Phi) is 4.58. The molecular weight excluding hydrogens is 240 g/mol. The van der Waals surface area contributed by atoms with Crippen LogP contribution in [0, 0.1) is 11.3 Å². The third-order valence-corrected chi connectivity index (χ3v) is 4.03. The van der Waals surface area contributed by atoms with Crippen molar-refractivity contribution in [2.24, 2.45) is 11.3 Å². The predicted molar refractivity (Wildman–Crippen MR) is 74.9 cm³/mol. The molecule has 1 aromatic rings. The van der Waals surface area contributed by atoms with Crippen molar-refractivity contribution in [2.45, 2.75) is 52.7 Å². The minimum Gasteiger partial charge on any atom is -0.377 e. The molecule has 0 saturated heterocycles. The van der Waals surface area contributed by atoms with Gasteiger partial charge in [-0.25, -0.2) is 4.98 Å². The Morgan fingerprint density at radius 3 is 2.89 bits per heavy atom. The Bertz CT molecular complexity index is 375.